The van der Waals surface area contributed by atoms with E-state index in [1.807, 2.05) is 0 Å². The van der Waals surface area contributed by atoms with Gasteiger partial charge >= 0.3 is 5.69 Å². The third kappa shape index (κ3) is 3.94. The van der Waals surface area contributed by atoms with E-state index in [0.29, 0.717) is 13.0 Å². The largest absolute Gasteiger partial charge is 0.390 e. The first-order valence-electron chi connectivity index (χ1n) is 4.97. The number of aryl methyl sites for hydroxylation is 1. The molecule has 94 valence electrons. The molecule has 7 heteroatoms. The highest BCUT2D eigenvalue weighted by Gasteiger charge is 2.17. The average Bonchev–Trinajstić information content (AvgIpc) is 2.18. The van der Waals surface area contributed by atoms with Crippen LogP contribution in [0.3, 0.4) is 0 Å². The lowest BCUT2D eigenvalue weighted by atomic mass is 10.1. The summed E-state index contributed by atoms with van der Waals surface area (Å²) in [5, 5.41) is 20.2. The van der Waals surface area contributed by atoms with Crippen molar-refractivity contribution in [3.63, 3.8) is 0 Å². The molecule has 0 bridgehead atoms. The molecular formula is C10H13BrN2O4. The quantitative estimate of drug-likeness (QED) is 0.677. The molecule has 0 aliphatic rings. The second kappa shape index (κ2) is 4.97. The Kier molecular flexibility index (Phi) is 4.05. The van der Waals surface area contributed by atoms with Gasteiger partial charge in [0.1, 0.15) is 0 Å². The van der Waals surface area contributed by atoms with Crippen LogP contribution in [0.5, 0.6) is 0 Å². The van der Waals surface area contributed by atoms with E-state index in [1.54, 1.807) is 13.8 Å². The van der Waals surface area contributed by atoms with E-state index in [4.69, 9.17) is 0 Å². The SMILES string of the molecule is CC(C)(O)CCn1cc(Br)c(=O)c([N+](=O)[O-])c1. The lowest BCUT2D eigenvalue weighted by molar-refractivity contribution is -0.386. The monoisotopic (exact) mass is 304 g/mol. The van der Waals surface area contributed by atoms with E-state index in [2.05, 4.69) is 15.9 Å². The number of nitro groups is 1. The molecule has 1 rings (SSSR count). The highest BCUT2D eigenvalue weighted by Crippen LogP contribution is 2.14. The van der Waals surface area contributed by atoms with E-state index in [1.165, 1.54) is 17.0 Å². The Morgan fingerprint density at radius 2 is 2.12 bits per heavy atom. The second-order valence-electron chi connectivity index (χ2n) is 4.38. The molecule has 1 aromatic heterocycles. The third-order valence-corrected chi connectivity index (χ3v) is 2.76. The van der Waals surface area contributed by atoms with E-state index in [-0.39, 0.29) is 4.47 Å². The summed E-state index contributed by atoms with van der Waals surface area (Å²) in [4.78, 5) is 21.3. The minimum Gasteiger partial charge on any atom is -0.390 e. The van der Waals surface area contributed by atoms with Gasteiger partial charge in [0.2, 0.25) is 0 Å². The molecule has 6 nitrogen and oxygen atoms in total. The number of nitrogens with zero attached hydrogens (tertiary/aromatic N) is 2. The number of aliphatic hydroxyl groups is 1. The van der Waals surface area contributed by atoms with Gasteiger partial charge in [0.15, 0.2) is 0 Å². The molecule has 0 aromatic carbocycles. The zero-order valence-corrected chi connectivity index (χ0v) is 11.1. The standard InChI is InChI=1S/C10H13BrN2O4/c1-10(2,15)3-4-12-5-7(11)9(14)8(6-12)13(16)17/h5-6,15H,3-4H2,1-2H3. The fourth-order valence-corrected chi connectivity index (χ4v) is 1.71. The van der Waals surface area contributed by atoms with Gasteiger partial charge in [-0.1, -0.05) is 0 Å². The van der Waals surface area contributed by atoms with Crippen LogP contribution in [0.15, 0.2) is 21.7 Å². The Morgan fingerprint density at radius 3 is 2.59 bits per heavy atom. The molecule has 0 unspecified atom stereocenters. The van der Waals surface area contributed by atoms with Gasteiger partial charge in [-0.3, -0.25) is 14.9 Å². The maximum absolute atomic E-state index is 11.4. The summed E-state index contributed by atoms with van der Waals surface area (Å²) >= 11 is 2.99. The molecule has 0 saturated heterocycles. The van der Waals surface area contributed by atoms with Crippen molar-refractivity contribution in [2.45, 2.75) is 32.4 Å². The van der Waals surface area contributed by atoms with Crippen molar-refractivity contribution in [3.8, 4) is 0 Å². The van der Waals surface area contributed by atoms with Crippen molar-refractivity contribution in [1.29, 1.82) is 0 Å². The smallest absolute Gasteiger partial charge is 0.333 e. The summed E-state index contributed by atoms with van der Waals surface area (Å²) in [5.41, 5.74) is -1.98. The van der Waals surface area contributed by atoms with Crippen LogP contribution in [0.2, 0.25) is 0 Å². The van der Waals surface area contributed by atoms with E-state index in [9.17, 15) is 20.0 Å². The molecule has 0 radical (unpaired) electrons. The van der Waals surface area contributed by atoms with Crippen LogP contribution < -0.4 is 5.43 Å². The van der Waals surface area contributed by atoms with Crippen molar-refractivity contribution in [2.75, 3.05) is 0 Å². The van der Waals surface area contributed by atoms with Gasteiger partial charge in [-0.2, -0.15) is 0 Å². The molecule has 1 N–H and O–H groups in total. The van der Waals surface area contributed by atoms with Gasteiger partial charge in [0.25, 0.3) is 5.43 Å². The van der Waals surface area contributed by atoms with E-state index >= 15 is 0 Å². The molecule has 0 atom stereocenters. The number of hydrogen-bond acceptors (Lipinski definition) is 4. The molecule has 0 fully saturated rings. The first-order chi connectivity index (χ1) is 7.70. The Labute approximate surface area is 106 Å². The Morgan fingerprint density at radius 1 is 1.53 bits per heavy atom. The Hall–Kier alpha value is -1.21. The van der Waals surface area contributed by atoms with E-state index in [0.717, 1.165) is 0 Å². The second-order valence-corrected chi connectivity index (χ2v) is 5.23. The predicted molar refractivity (Wildman–Crippen MR) is 66.0 cm³/mol. The lowest BCUT2D eigenvalue weighted by Crippen LogP contribution is -2.22. The molecule has 0 spiro atoms. The first-order valence-corrected chi connectivity index (χ1v) is 5.76. The molecule has 1 heterocycles. The van der Waals surface area contributed by atoms with Crippen LogP contribution in [0.25, 0.3) is 0 Å². The minimum absolute atomic E-state index is 0.141. The van der Waals surface area contributed by atoms with Crippen LogP contribution in [-0.4, -0.2) is 20.2 Å². The first kappa shape index (κ1) is 13.9. The minimum atomic E-state index is -0.857. The number of rotatable bonds is 4. The van der Waals surface area contributed by atoms with E-state index < -0.39 is 21.6 Å². The van der Waals surface area contributed by atoms with Gasteiger partial charge in [0, 0.05) is 12.7 Å². The molecule has 0 saturated carbocycles. The number of pyridine rings is 1. The fourth-order valence-electron chi connectivity index (χ4n) is 1.24. The zero-order chi connectivity index (χ0) is 13.2. The van der Waals surface area contributed by atoms with Crippen molar-refractivity contribution >= 4 is 21.6 Å². The highest BCUT2D eigenvalue weighted by molar-refractivity contribution is 9.10. The van der Waals surface area contributed by atoms with Crippen molar-refractivity contribution in [3.05, 3.63) is 37.2 Å². The number of hydrogen-bond donors (Lipinski definition) is 1. The van der Waals surface area contributed by atoms with Crippen LogP contribution in [0.4, 0.5) is 5.69 Å². The number of halogens is 1. The predicted octanol–water partition coefficient (Wildman–Crippen LogP) is 1.68. The van der Waals surface area contributed by atoms with Crippen LogP contribution >= 0.6 is 15.9 Å². The normalized spacial score (nSPS) is 11.5. The van der Waals surface area contributed by atoms with Gasteiger partial charge < -0.3 is 9.67 Å². The topological polar surface area (TPSA) is 85.4 Å². The molecular weight excluding hydrogens is 292 g/mol. The van der Waals surface area contributed by atoms with Crippen molar-refractivity contribution < 1.29 is 10.0 Å². The Bertz CT molecular complexity index is 490. The van der Waals surface area contributed by atoms with Gasteiger partial charge in [0.05, 0.1) is 21.2 Å². The molecule has 0 aliphatic carbocycles. The van der Waals surface area contributed by atoms with Crippen LogP contribution in [0.1, 0.15) is 20.3 Å². The summed E-state index contributed by atoms with van der Waals surface area (Å²) in [7, 11) is 0. The Balaban J connectivity index is 3.03. The zero-order valence-electron chi connectivity index (χ0n) is 9.51. The summed E-state index contributed by atoms with van der Waals surface area (Å²) < 4.78 is 1.66. The van der Waals surface area contributed by atoms with Crippen LogP contribution in [0, 0.1) is 10.1 Å². The highest BCUT2D eigenvalue weighted by atomic mass is 79.9. The van der Waals surface area contributed by atoms with Gasteiger partial charge in [-0.25, -0.2) is 0 Å². The van der Waals surface area contributed by atoms with Gasteiger partial charge in [-0.15, -0.1) is 0 Å². The maximum atomic E-state index is 11.4. The molecule has 1 aromatic rings. The molecule has 17 heavy (non-hydrogen) atoms. The summed E-state index contributed by atoms with van der Waals surface area (Å²) in [6.07, 6.45) is 3.08. The average molecular weight is 305 g/mol. The maximum Gasteiger partial charge on any atom is 0.333 e. The fraction of sp³-hybridized carbons (Fsp3) is 0.500. The summed E-state index contributed by atoms with van der Waals surface area (Å²) in [6.45, 7) is 3.70. The van der Waals surface area contributed by atoms with Crippen LogP contribution in [-0.2, 0) is 6.54 Å². The van der Waals surface area contributed by atoms with Gasteiger partial charge in [-0.05, 0) is 36.2 Å². The molecule has 0 aliphatic heterocycles. The summed E-state index contributed by atoms with van der Waals surface area (Å²) in [6, 6.07) is 0. The number of aromatic nitrogens is 1. The van der Waals surface area contributed by atoms with Crippen molar-refractivity contribution in [2.24, 2.45) is 0 Å². The third-order valence-electron chi connectivity index (χ3n) is 2.20. The lowest BCUT2D eigenvalue weighted by Gasteiger charge is -2.17. The van der Waals surface area contributed by atoms with Crippen molar-refractivity contribution in [1.82, 2.24) is 4.57 Å². The summed E-state index contributed by atoms with van der Waals surface area (Å²) in [5.74, 6) is 0. The molecule has 0 amide bonds.